The number of nitrogens with one attached hydrogen (secondary N) is 1. The van der Waals surface area contributed by atoms with Crippen molar-refractivity contribution in [3.05, 3.63) is 11.9 Å². The van der Waals surface area contributed by atoms with Gasteiger partial charge in [0.1, 0.15) is 11.8 Å². The van der Waals surface area contributed by atoms with E-state index in [-0.39, 0.29) is 6.10 Å². The van der Waals surface area contributed by atoms with E-state index in [4.69, 9.17) is 9.47 Å². The molecule has 1 aliphatic rings. The van der Waals surface area contributed by atoms with Crippen molar-refractivity contribution in [1.29, 1.82) is 0 Å². The van der Waals surface area contributed by atoms with Crippen LogP contribution in [-0.2, 0) is 11.3 Å². The Morgan fingerprint density at radius 2 is 2.42 bits per heavy atom. The molecule has 19 heavy (non-hydrogen) atoms. The van der Waals surface area contributed by atoms with Gasteiger partial charge in [-0.05, 0) is 6.42 Å². The highest BCUT2D eigenvalue weighted by molar-refractivity contribution is 5.39. The first-order chi connectivity index (χ1) is 9.24. The Hall–Kier alpha value is -1.40. The molecule has 6 nitrogen and oxygen atoms in total. The van der Waals surface area contributed by atoms with E-state index in [9.17, 15) is 0 Å². The molecule has 2 rings (SSSR count). The molecular formula is C13H22N4O2. The Morgan fingerprint density at radius 1 is 1.58 bits per heavy atom. The number of rotatable bonds is 5. The summed E-state index contributed by atoms with van der Waals surface area (Å²) < 4.78 is 11.0. The van der Waals surface area contributed by atoms with Crippen molar-refractivity contribution in [1.82, 2.24) is 15.3 Å². The standard InChI is InChI=1S/C13H22N4O2/c1-4-5-17(2)12-8-15-11-7-14-6-10(9-18-3)19-13(11)16-12/h8,10,14H,4-7,9H2,1-3H3. The van der Waals surface area contributed by atoms with Crippen LogP contribution >= 0.6 is 0 Å². The molecule has 0 aromatic carbocycles. The lowest BCUT2D eigenvalue weighted by atomic mass is 10.4. The maximum absolute atomic E-state index is 5.88. The lowest BCUT2D eigenvalue weighted by Gasteiger charge is -2.19. The lowest BCUT2D eigenvalue weighted by molar-refractivity contribution is 0.0810. The predicted molar refractivity (Wildman–Crippen MR) is 73.6 cm³/mol. The molecule has 0 spiro atoms. The summed E-state index contributed by atoms with van der Waals surface area (Å²) in [5.41, 5.74) is 0.854. The molecule has 0 saturated heterocycles. The number of methoxy groups -OCH3 is 1. The van der Waals surface area contributed by atoms with E-state index < -0.39 is 0 Å². The first-order valence-corrected chi connectivity index (χ1v) is 6.68. The lowest BCUT2D eigenvalue weighted by Crippen LogP contribution is -2.32. The molecule has 2 heterocycles. The Morgan fingerprint density at radius 3 is 3.16 bits per heavy atom. The molecule has 1 aromatic rings. The molecule has 6 heteroatoms. The zero-order chi connectivity index (χ0) is 13.7. The van der Waals surface area contributed by atoms with Gasteiger partial charge in [-0.3, -0.25) is 4.98 Å². The summed E-state index contributed by atoms with van der Waals surface area (Å²) in [6.45, 7) is 5.06. The monoisotopic (exact) mass is 266 g/mol. The van der Waals surface area contributed by atoms with Gasteiger partial charge in [0.05, 0.1) is 12.8 Å². The molecule has 0 amide bonds. The van der Waals surface area contributed by atoms with Gasteiger partial charge >= 0.3 is 0 Å². The number of nitrogens with zero attached hydrogens (tertiary/aromatic N) is 3. The van der Waals surface area contributed by atoms with Crippen LogP contribution in [0.15, 0.2) is 6.20 Å². The molecule has 0 aliphatic carbocycles. The summed E-state index contributed by atoms with van der Waals surface area (Å²) in [6, 6.07) is 0. The Labute approximate surface area is 114 Å². The zero-order valence-electron chi connectivity index (χ0n) is 11.8. The maximum Gasteiger partial charge on any atom is 0.239 e. The number of fused-ring (bicyclic) bond motifs is 1. The first kappa shape index (κ1) is 14.0. The zero-order valence-corrected chi connectivity index (χ0v) is 11.8. The van der Waals surface area contributed by atoms with Crippen LogP contribution in [-0.4, -0.2) is 49.9 Å². The smallest absolute Gasteiger partial charge is 0.239 e. The van der Waals surface area contributed by atoms with Crippen LogP contribution in [0, 0.1) is 0 Å². The summed E-state index contributed by atoms with van der Waals surface area (Å²) in [5.74, 6) is 1.46. The van der Waals surface area contributed by atoms with Crippen LogP contribution in [0.4, 0.5) is 5.82 Å². The van der Waals surface area contributed by atoms with Gasteiger partial charge in [-0.1, -0.05) is 6.92 Å². The van der Waals surface area contributed by atoms with Gasteiger partial charge in [0, 0.05) is 33.8 Å². The molecule has 1 unspecified atom stereocenters. The molecule has 1 aliphatic heterocycles. The molecule has 0 fully saturated rings. The molecule has 1 atom stereocenters. The minimum atomic E-state index is -0.0210. The van der Waals surface area contributed by atoms with Gasteiger partial charge in [0.2, 0.25) is 5.88 Å². The largest absolute Gasteiger partial charge is 0.469 e. The second-order valence-electron chi connectivity index (χ2n) is 4.73. The summed E-state index contributed by atoms with van der Waals surface area (Å²) in [7, 11) is 3.69. The van der Waals surface area contributed by atoms with Crippen molar-refractivity contribution in [3.63, 3.8) is 0 Å². The van der Waals surface area contributed by atoms with Crippen molar-refractivity contribution < 1.29 is 9.47 Å². The van der Waals surface area contributed by atoms with E-state index in [2.05, 4.69) is 27.1 Å². The summed E-state index contributed by atoms with van der Waals surface area (Å²) >= 11 is 0. The maximum atomic E-state index is 5.88. The number of hydrogen-bond acceptors (Lipinski definition) is 6. The quantitative estimate of drug-likeness (QED) is 0.851. The van der Waals surface area contributed by atoms with E-state index >= 15 is 0 Å². The third-order valence-corrected chi connectivity index (χ3v) is 3.04. The first-order valence-electron chi connectivity index (χ1n) is 6.68. The van der Waals surface area contributed by atoms with Crippen LogP contribution in [0.25, 0.3) is 0 Å². The fraction of sp³-hybridized carbons (Fsp3) is 0.692. The van der Waals surface area contributed by atoms with E-state index in [0.717, 1.165) is 31.0 Å². The fourth-order valence-electron chi connectivity index (χ4n) is 2.07. The third kappa shape index (κ3) is 3.54. The van der Waals surface area contributed by atoms with Crippen LogP contribution < -0.4 is 15.0 Å². The van der Waals surface area contributed by atoms with Crippen molar-refractivity contribution in [2.45, 2.75) is 26.0 Å². The van der Waals surface area contributed by atoms with E-state index in [1.807, 2.05) is 7.05 Å². The van der Waals surface area contributed by atoms with Crippen LogP contribution in [0.3, 0.4) is 0 Å². The topological polar surface area (TPSA) is 59.5 Å². The van der Waals surface area contributed by atoms with Gasteiger partial charge < -0.3 is 19.7 Å². The molecule has 0 saturated carbocycles. The number of anilines is 1. The number of hydrogen-bond donors (Lipinski definition) is 1. The third-order valence-electron chi connectivity index (χ3n) is 3.04. The summed E-state index contributed by atoms with van der Waals surface area (Å²) in [4.78, 5) is 11.1. The van der Waals surface area contributed by atoms with Gasteiger partial charge in [0.25, 0.3) is 0 Å². The molecule has 0 bridgehead atoms. The van der Waals surface area contributed by atoms with E-state index in [1.54, 1.807) is 13.3 Å². The SMILES string of the molecule is CCCN(C)c1cnc2c(n1)OC(COC)CNC2. The van der Waals surface area contributed by atoms with Crippen molar-refractivity contribution in [3.8, 4) is 5.88 Å². The highest BCUT2D eigenvalue weighted by atomic mass is 16.5. The van der Waals surface area contributed by atoms with Crippen LogP contribution in [0.1, 0.15) is 19.0 Å². The van der Waals surface area contributed by atoms with E-state index in [1.165, 1.54) is 0 Å². The minimum absolute atomic E-state index is 0.0210. The Bertz CT molecular complexity index is 414. The Kier molecular flexibility index (Phi) is 4.93. The number of ether oxygens (including phenoxy) is 2. The average Bonchev–Trinajstić information content (AvgIpc) is 2.60. The summed E-state index contributed by atoms with van der Waals surface area (Å²) in [5, 5.41) is 3.29. The normalized spacial score (nSPS) is 18.4. The van der Waals surface area contributed by atoms with Crippen LogP contribution in [0.2, 0.25) is 0 Å². The summed E-state index contributed by atoms with van der Waals surface area (Å²) in [6.07, 6.45) is 2.85. The second kappa shape index (κ2) is 6.68. The van der Waals surface area contributed by atoms with Crippen molar-refractivity contribution in [2.75, 3.05) is 38.8 Å². The predicted octanol–water partition coefficient (Wildman–Crippen LogP) is 0.820. The van der Waals surface area contributed by atoms with Crippen molar-refractivity contribution in [2.24, 2.45) is 0 Å². The van der Waals surface area contributed by atoms with E-state index in [0.29, 0.717) is 19.0 Å². The van der Waals surface area contributed by atoms with Gasteiger partial charge in [-0.2, -0.15) is 4.98 Å². The van der Waals surface area contributed by atoms with Gasteiger partial charge in [0.15, 0.2) is 5.82 Å². The van der Waals surface area contributed by atoms with Gasteiger partial charge in [-0.15, -0.1) is 0 Å². The molecule has 1 aromatic heterocycles. The van der Waals surface area contributed by atoms with Crippen molar-refractivity contribution >= 4 is 5.82 Å². The van der Waals surface area contributed by atoms with Crippen LogP contribution in [0.5, 0.6) is 5.88 Å². The average molecular weight is 266 g/mol. The number of aromatic nitrogens is 2. The minimum Gasteiger partial charge on any atom is -0.469 e. The highest BCUT2D eigenvalue weighted by Crippen LogP contribution is 2.21. The second-order valence-corrected chi connectivity index (χ2v) is 4.73. The molecule has 106 valence electrons. The molecule has 1 N–H and O–H groups in total. The van der Waals surface area contributed by atoms with Gasteiger partial charge in [-0.25, -0.2) is 0 Å². The highest BCUT2D eigenvalue weighted by Gasteiger charge is 2.20. The molecule has 0 radical (unpaired) electrons. The Balaban J connectivity index is 2.17. The molecular weight excluding hydrogens is 244 g/mol. The fourth-order valence-corrected chi connectivity index (χ4v) is 2.07.